The maximum atomic E-state index is 11.5. The molecule has 1 aromatic heterocycles. The number of nitrogens with zero attached hydrogens (tertiary/aromatic N) is 2. The number of aromatic nitrogens is 2. The summed E-state index contributed by atoms with van der Waals surface area (Å²) in [5, 5.41) is 8.77. The summed E-state index contributed by atoms with van der Waals surface area (Å²) in [5.74, 6) is 0.624. The average molecular weight is 183 g/mol. The normalized spacial score (nSPS) is 12.9. The van der Waals surface area contributed by atoms with Crippen LogP contribution < -0.4 is 11.3 Å². The lowest BCUT2D eigenvalue weighted by Gasteiger charge is -2.09. The molecule has 0 amide bonds. The molecule has 1 rings (SSSR count). The van der Waals surface area contributed by atoms with Gasteiger partial charge in [0.2, 0.25) is 0 Å². The number of aliphatic hydroxyl groups is 1. The molecule has 0 saturated carbocycles. The Morgan fingerprint density at radius 3 is 2.92 bits per heavy atom. The Morgan fingerprint density at radius 1 is 1.77 bits per heavy atom. The van der Waals surface area contributed by atoms with Crippen molar-refractivity contribution in [3.05, 3.63) is 27.9 Å². The molecule has 1 heterocycles. The second-order valence-electron chi connectivity index (χ2n) is 2.91. The van der Waals surface area contributed by atoms with E-state index in [0.717, 1.165) is 0 Å². The molecule has 0 saturated heterocycles. The summed E-state index contributed by atoms with van der Waals surface area (Å²) in [6, 6.07) is -0.646. The zero-order chi connectivity index (χ0) is 10.0. The van der Waals surface area contributed by atoms with E-state index >= 15 is 0 Å². The van der Waals surface area contributed by atoms with Crippen LogP contribution >= 0.6 is 0 Å². The molecule has 0 aromatic carbocycles. The fraction of sp³-hybridized carbons (Fsp3) is 0.500. The Balaban J connectivity index is 3.26. The molecular weight excluding hydrogens is 170 g/mol. The van der Waals surface area contributed by atoms with Crippen LogP contribution in [0.15, 0.2) is 11.0 Å². The number of rotatable bonds is 2. The van der Waals surface area contributed by atoms with Crippen LogP contribution in [0.4, 0.5) is 0 Å². The molecule has 0 fully saturated rings. The van der Waals surface area contributed by atoms with E-state index in [-0.39, 0.29) is 12.2 Å². The van der Waals surface area contributed by atoms with E-state index in [9.17, 15) is 4.79 Å². The zero-order valence-electron chi connectivity index (χ0n) is 7.69. The largest absolute Gasteiger partial charge is 0.394 e. The highest BCUT2D eigenvalue weighted by atomic mass is 16.3. The van der Waals surface area contributed by atoms with Gasteiger partial charge in [-0.3, -0.25) is 9.36 Å². The summed E-state index contributed by atoms with van der Waals surface area (Å²) in [5.41, 5.74) is 5.65. The van der Waals surface area contributed by atoms with E-state index in [1.165, 1.54) is 10.8 Å². The van der Waals surface area contributed by atoms with Gasteiger partial charge in [0, 0.05) is 13.2 Å². The first kappa shape index (κ1) is 9.88. The number of hydrogen-bond acceptors (Lipinski definition) is 4. The van der Waals surface area contributed by atoms with Crippen LogP contribution in [0.2, 0.25) is 0 Å². The molecule has 1 atom stereocenters. The third-order valence-electron chi connectivity index (χ3n) is 2.02. The molecular formula is C8H13N3O2. The maximum Gasteiger partial charge on any atom is 0.258 e. The van der Waals surface area contributed by atoms with Gasteiger partial charge in [0.1, 0.15) is 5.82 Å². The SMILES string of the molecule is Cc1ncc(C(N)CO)c(=O)n1C. The van der Waals surface area contributed by atoms with Crippen LogP contribution in [0.1, 0.15) is 17.4 Å². The number of aliphatic hydroxyl groups excluding tert-OH is 1. The van der Waals surface area contributed by atoms with Gasteiger partial charge in [0.05, 0.1) is 18.2 Å². The van der Waals surface area contributed by atoms with Crippen LogP contribution in [-0.4, -0.2) is 21.3 Å². The fourth-order valence-electron chi connectivity index (χ4n) is 0.998. The lowest BCUT2D eigenvalue weighted by molar-refractivity contribution is 0.266. The molecule has 3 N–H and O–H groups in total. The van der Waals surface area contributed by atoms with Gasteiger partial charge < -0.3 is 10.8 Å². The number of nitrogens with two attached hydrogens (primary N) is 1. The molecule has 0 aliphatic carbocycles. The smallest absolute Gasteiger partial charge is 0.258 e. The summed E-state index contributed by atoms with van der Waals surface area (Å²) in [6.45, 7) is 1.48. The van der Waals surface area contributed by atoms with Crippen molar-refractivity contribution >= 4 is 0 Å². The highest BCUT2D eigenvalue weighted by Crippen LogP contribution is 2.01. The molecule has 0 bridgehead atoms. The third kappa shape index (κ3) is 1.76. The Bertz CT molecular complexity index is 359. The second-order valence-corrected chi connectivity index (χ2v) is 2.91. The second kappa shape index (κ2) is 3.68. The van der Waals surface area contributed by atoms with E-state index in [4.69, 9.17) is 10.8 Å². The summed E-state index contributed by atoms with van der Waals surface area (Å²) in [4.78, 5) is 15.5. The van der Waals surface area contributed by atoms with Gasteiger partial charge in [0.15, 0.2) is 0 Å². The molecule has 72 valence electrons. The van der Waals surface area contributed by atoms with E-state index in [0.29, 0.717) is 11.4 Å². The van der Waals surface area contributed by atoms with Gasteiger partial charge in [-0.15, -0.1) is 0 Å². The van der Waals surface area contributed by atoms with Gasteiger partial charge in [-0.1, -0.05) is 0 Å². The summed E-state index contributed by atoms with van der Waals surface area (Å²) < 4.78 is 1.41. The van der Waals surface area contributed by atoms with Crippen molar-refractivity contribution in [2.24, 2.45) is 12.8 Å². The molecule has 0 aliphatic rings. The Morgan fingerprint density at radius 2 is 2.38 bits per heavy atom. The van der Waals surface area contributed by atoms with E-state index < -0.39 is 6.04 Å². The molecule has 1 aromatic rings. The van der Waals surface area contributed by atoms with Gasteiger partial charge in [0.25, 0.3) is 5.56 Å². The summed E-state index contributed by atoms with van der Waals surface area (Å²) in [7, 11) is 1.62. The van der Waals surface area contributed by atoms with Gasteiger partial charge in [-0.05, 0) is 6.92 Å². The predicted octanol–water partition coefficient (Wildman–Crippen LogP) is -0.919. The molecule has 1 unspecified atom stereocenters. The first-order valence-corrected chi connectivity index (χ1v) is 3.97. The molecule has 0 radical (unpaired) electrons. The summed E-state index contributed by atoms with van der Waals surface area (Å²) in [6.07, 6.45) is 1.42. The zero-order valence-corrected chi connectivity index (χ0v) is 7.69. The van der Waals surface area contributed by atoms with Crippen LogP contribution in [0, 0.1) is 6.92 Å². The first-order valence-electron chi connectivity index (χ1n) is 3.97. The van der Waals surface area contributed by atoms with Gasteiger partial charge in [-0.2, -0.15) is 0 Å². The van der Waals surface area contributed by atoms with Crippen molar-refractivity contribution in [2.45, 2.75) is 13.0 Å². The van der Waals surface area contributed by atoms with Gasteiger partial charge >= 0.3 is 0 Å². The topological polar surface area (TPSA) is 81.1 Å². The quantitative estimate of drug-likeness (QED) is 0.621. The van der Waals surface area contributed by atoms with Crippen molar-refractivity contribution in [3.8, 4) is 0 Å². The van der Waals surface area contributed by atoms with Crippen molar-refractivity contribution < 1.29 is 5.11 Å². The molecule has 5 heteroatoms. The highest BCUT2D eigenvalue weighted by Gasteiger charge is 2.11. The van der Waals surface area contributed by atoms with Crippen LogP contribution in [0.5, 0.6) is 0 Å². The van der Waals surface area contributed by atoms with Crippen LogP contribution in [0.3, 0.4) is 0 Å². The van der Waals surface area contributed by atoms with Crippen molar-refractivity contribution in [1.82, 2.24) is 9.55 Å². The Kier molecular flexibility index (Phi) is 2.79. The minimum absolute atomic E-state index is 0.200. The lowest BCUT2D eigenvalue weighted by Crippen LogP contribution is -2.30. The van der Waals surface area contributed by atoms with E-state index in [2.05, 4.69) is 4.98 Å². The number of aryl methyl sites for hydroxylation is 1. The highest BCUT2D eigenvalue weighted by molar-refractivity contribution is 5.11. The minimum Gasteiger partial charge on any atom is -0.394 e. The Hall–Kier alpha value is -1.20. The standard InChI is InChI=1S/C8H13N3O2/c1-5-10-3-6(7(9)4-12)8(13)11(5)2/h3,7,12H,4,9H2,1-2H3. The lowest BCUT2D eigenvalue weighted by atomic mass is 10.2. The van der Waals surface area contributed by atoms with Crippen molar-refractivity contribution in [1.29, 1.82) is 0 Å². The van der Waals surface area contributed by atoms with Crippen LogP contribution in [0.25, 0.3) is 0 Å². The maximum absolute atomic E-state index is 11.5. The average Bonchev–Trinajstić information content (AvgIpc) is 2.13. The molecule has 0 aliphatic heterocycles. The van der Waals surface area contributed by atoms with Crippen LogP contribution in [-0.2, 0) is 7.05 Å². The first-order chi connectivity index (χ1) is 6.07. The minimum atomic E-state index is -0.646. The van der Waals surface area contributed by atoms with Crippen molar-refractivity contribution in [3.63, 3.8) is 0 Å². The molecule has 0 spiro atoms. The Labute approximate surface area is 75.8 Å². The van der Waals surface area contributed by atoms with E-state index in [1.54, 1.807) is 14.0 Å². The number of hydrogen-bond donors (Lipinski definition) is 2. The summed E-state index contributed by atoms with van der Waals surface area (Å²) >= 11 is 0. The molecule has 5 nitrogen and oxygen atoms in total. The van der Waals surface area contributed by atoms with Crippen molar-refractivity contribution in [2.75, 3.05) is 6.61 Å². The van der Waals surface area contributed by atoms with Gasteiger partial charge in [-0.25, -0.2) is 4.98 Å². The fourth-order valence-corrected chi connectivity index (χ4v) is 0.998. The third-order valence-corrected chi connectivity index (χ3v) is 2.02. The van der Waals surface area contributed by atoms with E-state index in [1.807, 2.05) is 0 Å². The molecule has 13 heavy (non-hydrogen) atoms. The predicted molar refractivity (Wildman–Crippen MR) is 48.2 cm³/mol. The monoisotopic (exact) mass is 183 g/mol.